The number of amidine groups is 1. The van der Waals surface area contributed by atoms with E-state index in [9.17, 15) is 14.0 Å². The van der Waals surface area contributed by atoms with Crippen molar-refractivity contribution >= 4 is 5.84 Å². The summed E-state index contributed by atoms with van der Waals surface area (Å²) < 4.78 is 33.7. The smallest absolute Gasteiger partial charge is 0.225 e. The van der Waals surface area contributed by atoms with Gasteiger partial charge < -0.3 is 4.74 Å². The second-order valence-electron chi connectivity index (χ2n) is 7.47. The Bertz CT molecular complexity index is 1050. The summed E-state index contributed by atoms with van der Waals surface area (Å²) in [6.07, 6.45) is 0. The molecule has 0 unspecified atom stereocenters. The molecule has 31 heavy (non-hydrogen) atoms. The predicted molar refractivity (Wildman–Crippen MR) is 115 cm³/mol. The maximum atomic E-state index is 13.9. The minimum atomic E-state index is -0.704. The van der Waals surface area contributed by atoms with E-state index in [1.54, 1.807) is 12.1 Å². The van der Waals surface area contributed by atoms with Gasteiger partial charge in [-0.3, -0.25) is 15.7 Å². The number of hydrogen-bond acceptors (Lipinski definition) is 4. The van der Waals surface area contributed by atoms with Crippen LogP contribution in [-0.4, -0.2) is 16.0 Å². The SMILES string of the molecule is Cc1ccc(C(=NCc2c(F)cccc2F)NO)c(OCc2ccc(C(C)C)cc2)n1. The van der Waals surface area contributed by atoms with Crippen molar-refractivity contribution in [2.45, 2.75) is 39.8 Å². The van der Waals surface area contributed by atoms with Gasteiger partial charge in [0.15, 0.2) is 5.84 Å². The zero-order valence-electron chi connectivity index (χ0n) is 17.7. The third kappa shape index (κ3) is 5.64. The molecule has 0 aliphatic carbocycles. The standard InChI is InChI=1S/C24H25F2N3O2/c1-15(2)18-10-8-17(9-11-18)14-31-24-19(12-7-16(3)28-24)23(29-30)27-13-20-21(25)5-4-6-22(20)26/h4-12,15,30H,13-14H2,1-3H3,(H,27,29). The van der Waals surface area contributed by atoms with E-state index < -0.39 is 11.6 Å². The Morgan fingerprint density at radius 3 is 2.35 bits per heavy atom. The van der Waals surface area contributed by atoms with Crippen molar-refractivity contribution in [1.82, 2.24) is 10.5 Å². The molecule has 2 N–H and O–H groups in total. The summed E-state index contributed by atoms with van der Waals surface area (Å²) in [4.78, 5) is 8.53. The number of hydroxylamine groups is 1. The second-order valence-corrected chi connectivity index (χ2v) is 7.47. The van der Waals surface area contributed by atoms with Crippen LogP contribution in [0.25, 0.3) is 0 Å². The summed E-state index contributed by atoms with van der Waals surface area (Å²) in [6.45, 7) is 6.04. The van der Waals surface area contributed by atoms with Crippen molar-refractivity contribution in [3.8, 4) is 5.88 Å². The van der Waals surface area contributed by atoms with Gasteiger partial charge in [0.05, 0.1) is 12.1 Å². The largest absolute Gasteiger partial charge is 0.472 e. The molecule has 0 aliphatic heterocycles. The number of aromatic nitrogens is 1. The van der Waals surface area contributed by atoms with Gasteiger partial charge in [-0.2, -0.15) is 0 Å². The number of pyridine rings is 1. The van der Waals surface area contributed by atoms with E-state index >= 15 is 0 Å². The number of rotatable bonds is 7. The highest BCUT2D eigenvalue weighted by atomic mass is 19.1. The molecule has 0 saturated carbocycles. The lowest BCUT2D eigenvalue weighted by molar-refractivity contribution is 0.233. The van der Waals surface area contributed by atoms with Gasteiger partial charge in [-0.25, -0.2) is 13.8 Å². The van der Waals surface area contributed by atoms with Crippen LogP contribution in [0.3, 0.4) is 0 Å². The average molecular weight is 425 g/mol. The Morgan fingerprint density at radius 1 is 1.06 bits per heavy atom. The van der Waals surface area contributed by atoms with Gasteiger partial charge in [-0.1, -0.05) is 44.2 Å². The molecule has 3 aromatic rings. The summed E-state index contributed by atoms with van der Waals surface area (Å²) in [6, 6.07) is 15.1. The van der Waals surface area contributed by atoms with Crippen molar-refractivity contribution in [3.63, 3.8) is 0 Å². The van der Waals surface area contributed by atoms with Crippen molar-refractivity contribution in [3.05, 3.63) is 94.2 Å². The molecule has 0 aliphatic rings. The Labute approximate surface area is 180 Å². The fourth-order valence-electron chi connectivity index (χ4n) is 3.00. The van der Waals surface area contributed by atoms with Gasteiger partial charge in [0.1, 0.15) is 18.2 Å². The molecule has 0 atom stereocenters. The van der Waals surface area contributed by atoms with Gasteiger partial charge in [0.25, 0.3) is 0 Å². The fourth-order valence-corrected chi connectivity index (χ4v) is 3.00. The minimum Gasteiger partial charge on any atom is -0.472 e. The summed E-state index contributed by atoms with van der Waals surface area (Å²) >= 11 is 0. The molecule has 0 fully saturated rings. The third-order valence-corrected chi connectivity index (χ3v) is 4.84. The number of aliphatic imine (C=N–C) groups is 1. The third-order valence-electron chi connectivity index (χ3n) is 4.84. The van der Waals surface area contributed by atoms with E-state index in [-0.39, 0.29) is 30.4 Å². The molecule has 0 radical (unpaired) electrons. The molecular weight excluding hydrogens is 400 g/mol. The highest BCUT2D eigenvalue weighted by Gasteiger charge is 2.14. The van der Waals surface area contributed by atoms with E-state index in [0.29, 0.717) is 17.2 Å². The molecule has 1 aromatic heterocycles. The molecule has 0 saturated heterocycles. The Hall–Kier alpha value is -3.32. The van der Waals surface area contributed by atoms with E-state index in [1.807, 2.05) is 24.5 Å². The minimum absolute atomic E-state index is 0.000286. The summed E-state index contributed by atoms with van der Waals surface area (Å²) in [7, 11) is 0. The van der Waals surface area contributed by atoms with Crippen molar-refractivity contribution in [2.75, 3.05) is 0 Å². The maximum absolute atomic E-state index is 13.9. The Balaban J connectivity index is 1.83. The lowest BCUT2D eigenvalue weighted by Crippen LogP contribution is -2.22. The zero-order chi connectivity index (χ0) is 22.4. The lowest BCUT2D eigenvalue weighted by Gasteiger charge is -2.13. The van der Waals surface area contributed by atoms with Crippen molar-refractivity contribution < 1.29 is 18.7 Å². The number of benzene rings is 2. The van der Waals surface area contributed by atoms with Crippen LogP contribution < -0.4 is 10.2 Å². The van der Waals surface area contributed by atoms with Gasteiger partial charge in [0, 0.05) is 11.3 Å². The van der Waals surface area contributed by atoms with E-state index in [2.05, 4.69) is 36.0 Å². The number of nitrogens with one attached hydrogen (secondary N) is 1. The highest BCUT2D eigenvalue weighted by Crippen LogP contribution is 2.21. The van der Waals surface area contributed by atoms with Crippen LogP contribution in [0, 0.1) is 18.6 Å². The number of aryl methyl sites for hydroxylation is 1. The van der Waals surface area contributed by atoms with Crippen molar-refractivity contribution in [2.24, 2.45) is 4.99 Å². The van der Waals surface area contributed by atoms with Gasteiger partial charge in [0.2, 0.25) is 5.88 Å². The first-order valence-corrected chi connectivity index (χ1v) is 9.96. The molecule has 5 nitrogen and oxygen atoms in total. The van der Waals surface area contributed by atoms with E-state index in [1.165, 1.54) is 11.6 Å². The average Bonchev–Trinajstić information content (AvgIpc) is 2.75. The van der Waals surface area contributed by atoms with Crippen LogP contribution in [0.4, 0.5) is 8.78 Å². The normalized spacial score (nSPS) is 11.6. The summed E-state index contributed by atoms with van der Waals surface area (Å²) in [5.74, 6) is -0.718. The van der Waals surface area contributed by atoms with Crippen LogP contribution in [0.2, 0.25) is 0 Å². The van der Waals surface area contributed by atoms with E-state index in [4.69, 9.17) is 4.74 Å². The first-order chi connectivity index (χ1) is 14.9. The molecule has 0 amide bonds. The Kier molecular flexibility index (Phi) is 7.31. The topological polar surface area (TPSA) is 66.7 Å². The summed E-state index contributed by atoms with van der Waals surface area (Å²) in [5.41, 5.74) is 5.09. The van der Waals surface area contributed by atoms with E-state index in [0.717, 1.165) is 17.7 Å². The molecule has 162 valence electrons. The number of halogens is 2. The highest BCUT2D eigenvalue weighted by molar-refractivity contribution is 6.00. The van der Waals surface area contributed by atoms with Crippen LogP contribution >= 0.6 is 0 Å². The van der Waals surface area contributed by atoms with Crippen molar-refractivity contribution in [1.29, 1.82) is 0 Å². The number of hydrogen-bond donors (Lipinski definition) is 2. The molecule has 0 spiro atoms. The first-order valence-electron chi connectivity index (χ1n) is 9.96. The summed E-state index contributed by atoms with van der Waals surface area (Å²) in [5, 5.41) is 9.61. The number of nitrogens with zero attached hydrogens (tertiary/aromatic N) is 2. The molecule has 0 bridgehead atoms. The molecule has 7 heteroatoms. The van der Waals surface area contributed by atoms with Gasteiger partial charge in [-0.05, 0) is 48.2 Å². The fraction of sp³-hybridized carbons (Fsp3) is 0.250. The molecule has 3 rings (SSSR count). The second kappa shape index (κ2) is 10.1. The van der Waals surface area contributed by atoms with Crippen LogP contribution in [0.1, 0.15) is 47.7 Å². The quantitative estimate of drug-likeness (QED) is 0.306. The lowest BCUT2D eigenvalue weighted by atomic mass is 10.0. The van der Waals surface area contributed by atoms with Crippen LogP contribution in [0.15, 0.2) is 59.6 Å². The maximum Gasteiger partial charge on any atom is 0.225 e. The zero-order valence-corrected chi connectivity index (χ0v) is 17.7. The first kappa shape index (κ1) is 22.4. The number of ether oxygens (including phenoxy) is 1. The molecule has 2 aromatic carbocycles. The van der Waals surface area contributed by atoms with Crippen LogP contribution in [-0.2, 0) is 13.2 Å². The van der Waals surface area contributed by atoms with Gasteiger partial charge in [-0.15, -0.1) is 0 Å². The predicted octanol–water partition coefficient (Wildman–Crippen LogP) is 5.30. The monoisotopic (exact) mass is 425 g/mol. The van der Waals surface area contributed by atoms with Gasteiger partial charge >= 0.3 is 0 Å². The molecular formula is C24H25F2N3O2. The Morgan fingerprint density at radius 2 is 1.74 bits per heavy atom. The molecule has 1 heterocycles. The van der Waals surface area contributed by atoms with Crippen LogP contribution in [0.5, 0.6) is 5.88 Å².